The summed E-state index contributed by atoms with van der Waals surface area (Å²) in [7, 11) is 0. The third kappa shape index (κ3) is 2.69. The second-order valence-corrected chi connectivity index (χ2v) is 5.85. The smallest absolute Gasteiger partial charge is 0.363 e. The molecule has 1 atom stereocenters. The summed E-state index contributed by atoms with van der Waals surface area (Å²) < 4.78 is 24.1. The van der Waals surface area contributed by atoms with Gasteiger partial charge in [0.25, 0.3) is 0 Å². The quantitative estimate of drug-likeness (QED) is 0.628. The van der Waals surface area contributed by atoms with Gasteiger partial charge in [0.15, 0.2) is 5.70 Å². The van der Waals surface area contributed by atoms with E-state index in [1.807, 2.05) is 25.1 Å². The van der Waals surface area contributed by atoms with Crippen LogP contribution < -0.4 is 4.74 Å². The number of hydrogen-bond acceptors (Lipinski definition) is 4. The summed E-state index contributed by atoms with van der Waals surface area (Å²) in [5, 5.41) is 0. The van der Waals surface area contributed by atoms with Gasteiger partial charge in [-0.05, 0) is 54.5 Å². The van der Waals surface area contributed by atoms with Gasteiger partial charge in [0, 0.05) is 12.0 Å². The van der Waals surface area contributed by atoms with E-state index in [1.165, 1.54) is 12.1 Å². The Labute approximate surface area is 138 Å². The minimum atomic E-state index is -0.542. The number of hydrogen-bond donors (Lipinski definition) is 0. The van der Waals surface area contributed by atoms with Gasteiger partial charge in [-0.15, -0.1) is 0 Å². The first kappa shape index (κ1) is 14.6. The molecule has 2 aromatic rings. The average Bonchev–Trinajstić information content (AvgIpc) is 3.09. The maximum absolute atomic E-state index is 13.3. The first-order chi connectivity index (χ1) is 11.6. The van der Waals surface area contributed by atoms with Gasteiger partial charge in [-0.3, -0.25) is 0 Å². The Morgan fingerprint density at radius 1 is 1.25 bits per heavy atom. The zero-order valence-corrected chi connectivity index (χ0v) is 13.0. The summed E-state index contributed by atoms with van der Waals surface area (Å²) in [5.41, 5.74) is 2.59. The van der Waals surface area contributed by atoms with Crippen LogP contribution in [0, 0.1) is 5.82 Å². The Morgan fingerprint density at radius 3 is 2.96 bits per heavy atom. The summed E-state index contributed by atoms with van der Waals surface area (Å²) >= 11 is 0. The molecule has 0 saturated carbocycles. The fourth-order valence-electron chi connectivity index (χ4n) is 2.84. The second-order valence-electron chi connectivity index (χ2n) is 5.85. The van der Waals surface area contributed by atoms with Gasteiger partial charge in [-0.25, -0.2) is 14.2 Å². The predicted octanol–water partition coefficient (Wildman–Crippen LogP) is 3.49. The number of aliphatic imine (C=N–C) groups is 1. The van der Waals surface area contributed by atoms with Gasteiger partial charge >= 0.3 is 5.97 Å². The molecule has 1 unspecified atom stereocenters. The van der Waals surface area contributed by atoms with Crippen LogP contribution in [0.3, 0.4) is 0 Å². The molecule has 0 aliphatic carbocycles. The van der Waals surface area contributed by atoms with Crippen molar-refractivity contribution in [3.63, 3.8) is 0 Å². The molecule has 0 bridgehead atoms. The van der Waals surface area contributed by atoms with Gasteiger partial charge in [-0.1, -0.05) is 12.1 Å². The molecule has 24 heavy (non-hydrogen) atoms. The van der Waals surface area contributed by atoms with E-state index in [1.54, 1.807) is 18.2 Å². The summed E-state index contributed by atoms with van der Waals surface area (Å²) in [5.74, 6) is 0.0438. The zero-order chi connectivity index (χ0) is 16.7. The van der Waals surface area contributed by atoms with E-state index in [0.717, 1.165) is 23.3 Å². The molecule has 5 heteroatoms. The van der Waals surface area contributed by atoms with Crippen LogP contribution in [0.1, 0.15) is 23.6 Å². The number of ether oxygens (including phenoxy) is 2. The van der Waals surface area contributed by atoms with E-state index in [0.29, 0.717) is 5.56 Å². The number of nitrogens with zero attached hydrogens (tertiary/aromatic N) is 1. The highest BCUT2D eigenvalue weighted by atomic mass is 19.1. The van der Waals surface area contributed by atoms with Crippen LogP contribution in [-0.4, -0.2) is 18.0 Å². The van der Waals surface area contributed by atoms with Gasteiger partial charge in [0.1, 0.15) is 17.7 Å². The van der Waals surface area contributed by atoms with Crippen molar-refractivity contribution in [2.45, 2.75) is 19.4 Å². The number of carbonyl (C=O) groups is 1. The molecule has 4 rings (SSSR count). The number of fused-ring (bicyclic) bond motifs is 1. The lowest BCUT2D eigenvalue weighted by Crippen LogP contribution is -2.05. The van der Waals surface area contributed by atoms with Crippen LogP contribution >= 0.6 is 0 Å². The van der Waals surface area contributed by atoms with Crippen LogP contribution in [0.2, 0.25) is 0 Å². The molecule has 2 aliphatic rings. The Bertz CT molecular complexity index is 901. The monoisotopic (exact) mass is 323 g/mol. The van der Waals surface area contributed by atoms with E-state index >= 15 is 0 Å². The SMILES string of the molecule is CC1Cc2cc(/C=C3\N=C(c4cccc(F)c4)OC3=O)ccc2O1. The van der Waals surface area contributed by atoms with Gasteiger partial charge in [-0.2, -0.15) is 0 Å². The molecule has 0 aromatic heterocycles. The van der Waals surface area contributed by atoms with Crippen molar-refractivity contribution in [3.05, 3.63) is 70.7 Å². The summed E-state index contributed by atoms with van der Waals surface area (Å²) in [6.45, 7) is 2.02. The highest BCUT2D eigenvalue weighted by Gasteiger charge is 2.25. The molecule has 0 fully saturated rings. The topological polar surface area (TPSA) is 47.9 Å². The molecular weight excluding hydrogens is 309 g/mol. The highest BCUT2D eigenvalue weighted by molar-refractivity contribution is 6.12. The summed E-state index contributed by atoms with van der Waals surface area (Å²) in [6.07, 6.45) is 2.67. The second kappa shape index (κ2) is 5.60. The van der Waals surface area contributed by atoms with Crippen molar-refractivity contribution in [1.29, 1.82) is 0 Å². The Hall–Kier alpha value is -2.95. The number of cyclic esters (lactones) is 1. The highest BCUT2D eigenvalue weighted by Crippen LogP contribution is 2.30. The van der Waals surface area contributed by atoms with Crippen molar-refractivity contribution in [2.24, 2.45) is 4.99 Å². The Kier molecular flexibility index (Phi) is 3.41. The minimum Gasteiger partial charge on any atom is -0.490 e. The molecule has 2 aromatic carbocycles. The number of rotatable bonds is 2. The molecule has 0 saturated heterocycles. The molecule has 0 N–H and O–H groups in total. The minimum absolute atomic E-state index is 0.115. The third-order valence-corrected chi connectivity index (χ3v) is 3.92. The maximum Gasteiger partial charge on any atom is 0.363 e. The largest absolute Gasteiger partial charge is 0.490 e. The Morgan fingerprint density at radius 2 is 2.12 bits per heavy atom. The van der Waals surface area contributed by atoms with Gasteiger partial charge in [0.2, 0.25) is 5.90 Å². The molecule has 2 aliphatic heterocycles. The van der Waals surface area contributed by atoms with E-state index in [2.05, 4.69) is 4.99 Å². The van der Waals surface area contributed by atoms with Crippen LogP contribution in [0.15, 0.2) is 53.2 Å². The summed E-state index contributed by atoms with van der Waals surface area (Å²) in [4.78, 5) is 16.2. The summed E-state index contributed by atoms with van der Waals surface area (Å²) in [6, 6.07) is 11.5. The third-order valence-electron chi connectivity index (χ3n) is 3.92. The molecule has 2 heterocycles. The Balaban J connectivity index is 1.65. The van der Waals surface area contributed by atoms with E-state index in [-0.39, 0.29) is 17.7 Å². The predicted molar refractivity (Wildman–Crippen MR) is 87.2 cm³/mol. The zero-order valence-electron chi connectivity index (χ0n) is 13.0. The molecule has 4 nitrogen and oxygen atoms in total. The van der Waals surface area contributed by atoms with E-state index < -0.39 is 11.8 Å². The fraction of sp³-hybridized carbons (Fsp3) is 0.158. The molecule has 0 radical (unpaired) electrons. The number of benzene rings is 2. The lowest BCUT2D eigenvalue weighted by molar-refractivity contribution is -0.129. The lowest BCUT2D eigenvalue weighted by atomic mass is 10.1. The standard InChI is InChI=1S/C19H14FNO3/c1-11-7-14-8-12(5-6-17(14)23-11)9-16-19(22)24-18(21-16)13-3-2-4-15(20)10-13/h2-6,8-11H,7H2,1H3/b16-9-. The van der Waals surface area contributed by atoms with Crippen LogP contribution in [-0.2, 0) is 16.0 Å². The van der Waals surface area contributed by atoms with Crippen LogP contribution in [0.4, 0.5) is 4.39 Å². The normalized spacial score (nSPS) is 20.6. The first-order valence-electron chi connectivity index (χ1n) is 7.66. The molecular formula is C19H14FNO3. The van der Waals surface area contributed by atoms with E-state index in [9.17, 15) is 9.18 Å². The van der Waals surface area contributed by atoms with Gasteiger partial charge in [0.05, 0.1) is 0 Å². The fourth-order valence-corrected chi connectivity index (χ4v) is 2.84. The van der Waals surface area contributed by atoms with Crippen molar-refractivity contribution >= 4 is 17.9 Å². The van der Waals surface area contributed by atoms with Crippen molar-refractivity contribution in [2.75, 3.05) is 0 Å². The number of carbonyl (C=O) groups excluding carboxylic acids is 1. The molecule has 0 spiro atoms. The number of esters is 1. The average molecular weight is 323 g/mol. The van der Waals surface area contributed by atoms with Crippen molar-refractivity contribution in [3.8, 4) is 5.75 Å². The van der Waals surface area contributed by atoms with Crippen molar-refractivity contribution in [1.82, 2.24) is 0 Å². The maximum atomic E-state index is 13.3. The van der Waals surface area contributed by atoms with Crippen molar-refractivity contribution < 1.29 is 18.7 Å². The molecule has 120 valence electrons. The number of halogens is 1. The van der Waals surface area contributed by atoms with E-state index in [4.69, 9.17) is 9.47 Å². The van der Waals surface area contributed by atoms with Crippen LogP contribution in [0.25, 0.3) is 6.08 Å². The molecule has 0 amide bonds. The first-order valence-corrected chi connectivity index (χ1v) is 7.66. The lowest BCUT2D eigenvalue weighted by Gasteiger charge is -2.02. The van der Waals surface area contributed by atoms with Gasteiger partial charge < -0.3 is 9.47 Å². The van der Waals surface area contributed by atoms with Crippen LogP contribution in [0.5, 0.6) is 5.75 Å².